The molecule has 4 N–H and O–H groups in total. The van der Waals surface area contributed by atoms with E-state index in [1.54, 1.807) is 6.07 Å². The van der Waals surface area contributed by atoms with Crippen molar-refractivity contribution in [3.05, 3.63) is 28.8 Å². The third-order valence-electron chi connectivity index (χ3n) is 3.80. The maximum absolute atomic E-state index is 11.7. The van der Waals surface area contributed by atoms with Gasteiger partial charge in [0, 0.05) is 13.1 Å². The normalized spacial score (nSPS) is 23.2. The van der Waals surface area contributed by atoms with Crippen LogP contribution in [-0.4, -0.2) is 33.8 Å². The van der Waals surface area contributed by atoms with Gasteiger partial charge < -0.3 is 20.7 Å². The molecule has 1 saturated heterocycles. The van der Waals surface area contributed by atoms with Gasteiger partial charge in [0.05, 0.1) is 34.2 Å². The predicted octanol–water partition coefficient (Wildman–Crippen LogP) is 0.856. The van der Waals surface area contributed by atoms with Crippen molar-refractivity contribution < 1.29 is 5.11 Å². The molecule has 3 rings (SSSR count). The molecule has 1 unspecified atom stereocenters. The highest BCUT2D eigenvalue weighted by Gasteiger charge is 2.29. The Hall–Kier alpha value is -2.08. The van der Waals surface area contributed by atoms with E-state index in [9.17, 15) is 9.90 Å². The molecular formula is C14H18N4O2. The summed E-state index contributed by atoms with van der Waals surface area (Å²) in [6, 6.07) is 3.47. The second-order valence-corrected chi connectivity index (χ2v) is 5.68. The third kappa shape index (κ3) is 2.22. The molecule has 2 heterocycles. The Kier molecular flexibility index (Phi) is 2.90. The van der Waals surface area contributed by atoms with Gasteiger partial charge in [0.25, 0.3) is 5.56 Å². The predicted molar refractivity (Wildman–Crippen MR) is 78.8 cm³/mol. The molecule has 0 amide bonds. The van der Waals surface area contributed by atoms with Gasteiger partial charge in [-0.05, 0) is 31.9 Å². The average Bonchev–Trinajstić information content (AvgIpc) is 2.38. The van der Waals surface area contributed by atoms with Gasteiger partial charge in [-0.1, -0.05) is 0 Å². The number of β-amino-alcohol motifs (C(OH)–C–C–N with tert-alkyl or cyclic N) is 1. The topological polar surface area (TPSA) is 95.2 Å². The zero-order valence-corrected chi connectivity index (χ0v) is 11.4. The highest BCUT2D eigenvalue weighted by Crippen LogP contribution is 2.31. The number of aromatic amines is 1. The number of rotatable bonds is 1. The number of nitrogens with two attached hydrogens (primary N) is 1. The van der Waals surface area contributed by atoms with Crippen molar-refractivity contribution in [1.29, 1.82) is 0 Å². The lowest BCUT2D eigenvalue weighted by Crippen LogP contribution is -2.46. The summed E-state index contributed by atoms with van der Waals surface area (Å²) in [6.45, 7) is 3.21. The van der Waals surface area contributed by atoms with Gasteiger partial charge in [-0.2, -0.15) is 0 Å². The summed E-state index contributed by atoms with van der Waals surface area (Å²) < 4.78 is 0. The van der Waals surface area contributed by atoms with Crippen LogP contribution < -0.4 is 16.2 Å². The van der Waals surface area contributed by atoms with Gasteiger partial charge in [-0.15, -0.1) is 0 Å². The minimum Gasteiger partial charge on any atom is -0.397 e. The van der Waals surface area contributed by atoms with Crippen LogP contribution in [0.4, 0.5) is 11.4 Å². The molecule has 0 spiro atoms. The number of nitrogens with zero attached hydrogens (tertiary/aromatic N) is 2. The van der Waals surface area contributed by atoms with Crippen LogP contribution >= 0.6 is 0 Å². The number of fused-ring (bicyclic) bond motifs is 1. The Morgan fingerprint density at radius 3 is 3.05 bits per heavy atom. The van der Waals surface area contributed by atoms with Gasteiger partial charge in [-0.25, -0.2) is 4.98 Å². The number of aromatic nitrogens is 2. The number of nitrogen functional groups attached to an aromatic ring is 1. The fourth-order valence-corrected chi connectivity index (χ4v) is 2.82. The van der Waals surface area contributed by atoms with Crippen molar-refractivity contribution in [2.24, 2.45) is 0 Å². The molecule has 1 aliphatic rings. The first kappa shape index (κ1) is 12.9. The summed E-state index contributed by atoms with van der Waals surface area (Å²) in [7, 11) is 0. The molecule has 1 aromatic carbocycles. The molecule has 0 bridgehead atoms. The Morgan fingerprint density at radius 2 is 2.30 bits per heavy atom. The first-order chi connectivity index (χ1) is 9.46. The van der Waals surface area contributed by atoms with E-state index in [4.69, 9.17) is 5.73 Å². The van der Waals surface area contributed by atoms with Gasteiger partial charge >= 0.3 is 0 Å². The minimum atomic E-state index is -0.707. The number of hydrogen-bond donors (Lipinski definition) is 3. The highest BCUT2D eigenvalue weighted by molar-refractivity contribution is 5.88. The quantitative estimate of drug-likeness (QED) is 0.670. The zero-order chi connectivity index (χ0) is 14.3. The van der Waals surface area contributed by atoms with Crippen LogP contribution in [0.25, 0.3) is 10.9 Å². The van der Waals surface area contributed by atoms with Crippen LogP contribution in [0, 0.1) is 0 Å². The van der Waals surface area contributed by atoms with E-state index in [0.29, 0.717) is 23.1 Å². The van der Waals surface area contributed by atoms with Gasteiger partial charge in [0.1, 0.15) is 0 Å². The number of hydrogen-bond acceptors (Lipinski definition) is 5. The van der Waals surface area contributed by atoms with E-state index < -0.39 is 5.60 Å². The number of aliphatic hydroxyl groups is 1. The summed E-state index contributed by atoms with van der Waals surface area (Å²) in [5, 5.41) is 10.7. The molecule has 1 aromatic heterocycles. The second kappa shape index (κ2) is 4.49. The first-order valence-electron chi connectivity index (χ1n) is 6.70. The number of piperidine rings is 1. The molecule has 1 fully saturated rings. The van der Waals surface area contributed by atoms with E-state index in [0.717, 1.165) is 25.1 Å². The summed E-state index contributed by atoms with van der Waals surface area (Å²) in [6.07, 6.45) is 3.08. The maximum Gasteiger partial charge on any atom is 0.258 e. The summed E-state index contributed by atoms with van der Waals surface area (Å²) >= 11 is 0. The Bertz CT molecular complexity index is 708. The van der Waals surface area contributed by atoms with Crippen LogP contribution in [0.2, 0.25) is 0 Å². The van der Waals surface area contributed by atoms with E-state index >= 15 is 0 Å². The lowest BCUT2D eigenvalue weighted by atomic mass is 9.94. The van der Waals surface area contributed by atoms with Crippen LogP contribution in [0.1, 0.15) is 19.8 Å². The Labute approximate surface area is 116 Å². The van der Waals surface area contributed by atoms with E-state index in [1.165, 1.54) is 6.33 Å². The van der Waals surface area contributed by atoms with Crippen LogP contribution in [0.3, 0.4) is 0 Å². The van der Waals surface area contributed by atoms with Crippen molar-refractivity contribution in [2.45, 2.75) is 25.4 Å². The van der Waals surface area contributed by atoms with E-state index in [2.05, 4.69) is 14.9 Å². The standard InChI is InChI=1S/C14H18N4O2/c1-14(20)3-2-4-18(7-14)12-6-11-9(5-10(12)15)13(19)17-8-16-11/h5-6,8,20H,2-4,7,15H2,1H3,(H,16,17,19). The monoisotopic (exact) mass is 274 g/mol. The van der Waals surface area contributed by atoms with Gasteiger partial charge in [0.2, 0.25) is 0 Å². The Morgan fingerprint density at radius 1 is 1.50 bits per heavy atom. The highest BCUT2D eigenvalue weighted by atomic mass is 16.3. The van der Waals surface area contributed by atoms with Crippen molar-refractivity contribution in [1.82, 2.24) is 9.97 Å². The summed E-state index contributed by atoms with van der Waals surface area (Å²) in [4.78, 5) is 20.5. The molecule has 0 aliphatic carbocycles. The van der Waals surface area contributed by atoms with Crippen LogP contribution in [-0.2, 0) is 0 Å². The molecule has 20 heavy (non-hydrogen) atoms. The summed E-state index contributed by atoms with van der Waals surface area (Å²) in [5.41, 5.74) is 7.15. The average molecular weight is 274 g/mol. The molecule has 1 aliphatic heterocycles. The van der Waals surface area contributed by atoms with Crippen molar-refractivity contribution in [3.63, 3.8) is 0 Å². The van der Waals surface area contributed by atoms with Gasteiger partial charge in [0.15, 0.2) is 0 Å². The number of H-pyrrole nitrogens is 1. The lowest BCUT2D eigenvalue weighted by Gasteiger charge is -2.38. The summed E-state index contributed by atoms with van der Waals surface area (Å²) in [5.74, 6) is 0. The number of anilines is 2. The molecule has 0 radical (unpaired) electrons. The maximum atomic E-state index is 11.7. The van der Waals surface area contributed by atoms with Crippen LogP contribution in [0.5, 0.6) is 0 Å². The molecular weight excluding hydrogens is 256 g/mol. The van der Waals surface area contributed by atoms with E-state index in [-0.39, 0.29) is 5.56 Å². The molecule has 6 heteroatoms. The largest absolute Gasteiger partial charge is 0.397 e. The van der Waals surface area contributed by atoms with Crippen LogP contribution in [0.15, 0.2) is 23.3 Å². The number of nitrogens with one attached hydrogen (secondary N) is 1. The van der Waals surface area contributed by atoms with Gasteiger partial charge in [-0.3, -0.25) is 4.79 Å². The number of benzene rings is 1. The first-order valence-corrected chi connectivity index (χ1v) is 6.70. The molecule has 0 saturated carbocycles. The molecule has 2 aromatic rings. The lowest BCUT2D eigenvalue weighted by molar-refractivity contribution is 0.0450. The molecule has 6 nitrogen and oxygen atoms in total. The molecule has 1 atom stereocenters. The third-order valence-corrected chi connectivity index (χ3v) is 3.80. The van der Waals surface area contributed by atoms with Crippen molar-refractivity contribution in [2.75, 3.05) is 23.7 Å². The Balaban J connectivity index is 2.08. The smallest absolute Gasteiger partial charge is 0.258 e. The fraction of sp³-hybridized carbons (Fsp3) is 0.429. The zero-order valence-electron chi connectivity index (χ0n) is 11.4. The fourth-order valence-electron chi connectivity index (χ4n) is 2.82. The SMILES string of the molecule is CC1(O)CCCN(c2cc3nc[nH]c(=O)c3cc2N)C1. The minimum absolute atomic E-state index is 0.195. The van der Waals surface area contributed by atoms with E-state index in [1.807, 2.05) is 13.0 Å². The van der Waals surface area contributed by atoms with Crippen molar-refractivity contribution >= 4 is 22.3 Å². The second-order valence-electron chi connectivity index (χ2n) is 5.68. The molecule has 106 valence electrons. The van der Waals surface area contributed by atoms with Crippen molar-refractivity contribution in [3.8, 4) is 0 Å².